The van der Waals surface area contributed by atoms with Crippen LogP contribution in [0.25, 0.3) is 5.78 Å². The van der Waals surface area contributed by atoms with Gasteiger partial charge in [-0.25, -0.2) is 4.98 Å². The smallest absolute Gasteiger partial charge is 0.274 e. The second kappa shape index (κ2) is 5.83. The van der Waals surface area contributed by atoms with E-state index in [1.807, 2.05) is 26.8 Å². The van der Waals surface area contributed by atoms with Crippen LogP contribution < -0.4 is 10.3 Å². The van der Waals surface area contributed by atoms with Gasteiger partial charge in [-0.05, 0) is 24.5 Å². The van der Waals surface area contributed by atoms with Crippen molar-refractivity contribution >= 4 is 5.78 Å². The van der Waals surface area contributed by atoms with Crippen molar-refractivity contribution in [3.63, 3.8) is 0 Å². The summed E-state index contributed by atoms with van der Waals surface area (Å²) in [6, 6.07) is 3.46. The molecule has 0 saturated heterocycles. The number of ether oxygens (including phenoxy) is 1. The summed E-state index contributed by atoms with van der Waals surface area (Å²) in [6.07, 6.45) is 3.39. The van der Waals surface area contributed by atoms with Crippen molar-refractivity contribution in [2.45, 2.75) is 33.2 Å². The van der Waals surface area contributed by atoms with Gasteiger partial charge in [-0.1, -0.05) is 13.8 Å². The first-order chi connectivity index (χ1) is 11.0. The SMILES string of the molecule is COc1cncc(Cn2c(C)nc3nc(C(C)C)cc(=O)n32)c1. The Balaban J connectivity index is 2.10. The van der Waals surface area contributed by atoms with Crippen molar-refractivity contribution in [3.8, 4) is 5.75 Å². The third-order valence-corrected chi connectivity index (χ3v) is 3.70. The van der Waals surface area contributed by atoms with Crippen molar-refractivity contribution in [1.82, 2.24) is 24.1 Å². The number of aryl methyl sites for hydroxylation is 1. The highest BCUT2D eigenvalue weighted by atomic mass is 16.5. The predicted molar refractivity (Wildman–Crippen MR) is 86.0 cm³/mol. The van der Waals surface area contributed by atoms with Gasteiger partial charge >= 0.3 is 0 Å². The third kappa shape index (κ3) is 2.81. The van der Waals surface area contributed by atoms with Crippen LogP contribution in [0, 0.1) is 6.92 Å². The molecule has 0 atom stereocenters. The lowest BCUT2D eigenvalue weighted by Gasteiger charge is -2.09. The summed E-state index contributed by atoms with van der Waals surface area (Å²) >= 11 is 0. The fraction of sp³-hybridized carbons (Fsp3) is 0.375. The Kier molecular flexibility index (Phi) is 3.85. The van der Waals surface area contributed by atoms with Crippen LogP contribution in [0.3, 0.4) is 0 Å². The van der Waals surface area contributed by atoms with Gasteiger partial charge in [0.25, 0.3) is 11.3 Å². The van der Waals surface area contributed by atoms with Crippen LogP contribution in [0.1, 0.15) is 36.8 Å². The molecule has 0 bridgehead atoms. The molecule has 3 aromatic heterocycles. The quantitative estimate of drug-likeness (QED) is 0.734. The normalized spacial score (nSPS) is 11.3. The lowest BCUT2D eigenvalue weighted by atomic mass is 10.1. The molecule has 0 aliphatic carbocycles. The summed E-state index contributed by atoms with van der Waals surface area (Å²) in [7, 11) is 1.60. The van der Waals surface area contributed by atoms with E-state index in [0.29, 0.717) is 18.1 Å². The summed E-state index contributed by atoms with van der Waals surface area (Å²) in [6.45, 7) is 6.33. The molecule has 0 aliphatic heterocycles. The van der Waals surface area contributed by atoms with E-state index in [-0.39, 0.29) is 11.5 Å². The predicted octanol–water partition coefficient (Wildman–Crippen LogP) is 1.77. The van der Waals surface area contributed by atoms with E-state index < -0.39 is 0 Å². The highest BCUT2D eigenvalue weighted by Crippen LogP contribution is 2.14. The van der Waals surface area contributed by atoms with Gasteiger partial charge in [0.1, 0.15) is 11.6 Å². The first-order valence-corrected chi connectivity index (χ1v) is 7.44. The molecule has 0 N–H and O–H groups in total. The summed E-state index contributed by atoms with van der Waals surface area (Å²) in [5.41, 5.74) is 1.55. The number of nitrogens with zero attached hydrogens (tertiary/aromatic N) is 5. The molecule has 7 nitrogen and oxygen atoms in total. The molecule has 3 aromatic rings. The van der Waals surface area contributed by atoms with Gasteiger partial charge in [0.05, 0.1) is 25.5 Å². The highest BCUT2D eigenvalue weighted by molar-refractivity contribution is 5.30. The molecule has 3 rings (SSSR count). The largest absolute Gasteiger partial charge is 0.495 e. The van der Waals surface area contributed by atoms with Crippen LogP contribution in [0.15, 0.2) is 29.3 Å². The molecule has 7 heteroatoms. The third-order valence-electron chi connectivity index (χ3n) is 3.70. The summed E-state index contributed by atoms with van der Waals surface area (Å²) in [5, 5.41) is 0. The Bertz CT molecular complexity index is 910. The van der Waals surface area contributed by atoms with Gasteiger partial charge in [-0.15, -0.1) is 0 Å². The second-order valence-electron chi connectivity index (χ2n) is 5.74. The lowest BCUT2D eigenvalue weighted by Crippen LogP contribution is -2.23. The minimum atomic E-state index is -0.129. The number of rotatable bonds is 4. The van der Waals surface area contributed by atoms with Crippen LogP contribution in [-0.4, -0.2) is 31.3 Å². The zero-order valence-electron chi connectivity index (χ0n) is 13.6. The van der Waals surface area contributed by atoms with E-state index in [1.165, 1.54) is 4.52 Å². The topological polar surface area (TPSA) is 74.3 Å². The standard InChI is InChI=1S/C16H19N5O2/c1-10(2)14-6-15(22)21-16(19-14)18-11(3)20(21)9-12-5-13(23-4)8-17-7-12/h5-8,10H,9H2,1-4H3. The summed E-state index contributed by atoms with van der Waals surface area (Å²) < 4.78 is 8.49. The zero-order valence-corrected chi connectivity index (χ0v) is 13.6. The Morgan fingerprint density at radius 3 is 2.70 bits per heavy atom. The summed E-state index contributed by atoms with van der Waals surface area (Å²) in [5.74, 6) is 2.01. The number of aromatic nitrogens is 5. The minimum Gasteiger partial charge on any atom is -0.495 e. The van der Waals surface area contributed by atoms with Crippen molar-refractivity contribution in [1.29, 1.82) is 0 Å². The van der Waals surface area contributed by atoms with E-state index in [1.54, 1.807) is 30.3 Å². The first-order valence-electron chi connectivity index (χ1n) is 7.44. The number of pyridine rings is 1. The van der Waals surface area contributed by atoms with Crippen LogP contribution in [-0.2, 0) is 6.54 Å². The maximum atomic E-state index is 12.5. The van der Waals surface area contributed by atoms with Crippen LogP contribution in [0.5, 0.6) is 5.75 Å². The molecule has 120 valence electrons. The van der Waals surface area contributed by atoms with Gasteiger partial charge in [0.15, 0.2) is 0 Å². The number of fused-ring (bicyclic) bond motifs is 1. The zero-order chi connectivity index (χ0) is 16.6. The maximum absolute atomic E-state index is 12.5. The average Bonchev–Trinajstić information content (AvgIpc) is 2.83. The first kappa shape index (κ1) is 15.2. The molecular formula is C16H19N5O2. The molecule has 0 aromatic carbocycles. The Morgan fingerprint density at radius 1 is 1.22 bits per heavy atom. The van der Waals surface area contributed by atoms with Crippen molar-refractivity contribution < 1.29 is 4.74 Å². The second-order valence-corrected chi connectivity index (χ2v) is 5.74. The van der Waals surface area contributed by atoms with Crippen LogP contribution in [0.2, 0.25) is 0 Å². The summed E-state index contributed by atoms with van der Waals surface area (Å²) in [4.78, 5) is 25.5. The monoisotopic (exact) mass is 313 g/mol. The highest BCUT2D eigenvalue weighted by Gasteiger charge is 2.13. The molecule has 0 radical (unpaired) electrons. The van der Waals surface area contributed by atoms with Crippen LogP contribution in [0.4, 0.5) is 0 Å². The number of hydrogen-bond donors (Lipinski definition) is 0. The van der Waals surface area contributed by atoms with E-state index in [9.17, 15) is 4.79 Å². The van der Waals surface area contributed by atoms with Crippen molar-refractivity contribution in [3.05, 3.63) is 52.0 Å². The van der Waals surface area contributed by atoms with Gasteiger partial charge in [-0.3, -0.25) is 14.5 Å². The number of methoxy groups -OCH3 is 1. The lowest BCUT2D eigenvalue weighted by molar-refractivity contribution is 0.412. The van der Waals surface area contributed by atoms with E-state index in [2.05, 4.69) is 15.0 Å². The minimum absolute atomic E-state index is 0.129. The van der Waals surface area contributed by atoms with E-state index in [4.69, 9.17) is 4.74 Å². The molecule has 3 heterocycles. The van der Waals surface area contributed by atoms with Crippen molar-refractivity contribution in [2.75, 3.05) is 7.11 Å². The fourth-order valence-electron chi connectivity index (χ4n) is 2.44. The molecule has 0 fully saturated rings. The van der Waals surface area contributed by atoms with Gasteiger partial charge in [0, 0.05) is 12.3 Å². The molecule has 23 heavy (non-hydrogen) atoms. The molecular weight excluding hydrogens is 294 g/mol. The van der Waals surface area contributed by atoms with Gasteiger partial charge < -0.3 is 4.74 Å². The average molecular weight is 313 g/mol. The van der Waals surface area contributed by atoms with Crippen molar-refractivity contribution in [2.24, 2.45) is 0 Å². The van der Waals surface area contributed by atoms with E-state index in [0.717, 1.165) is 17.1 Å². The Hall–Kier alpha value is -2.70. The maximum Gasteiger partial charge on any atom is 0.274 e. The molecule has 0 aliphatic rings. The molecule has 0 amide bonds. The Morgan fingerprint density at radius 2 is 2.00 bits per heavy atom. The molecule has 0 spiro atoms. The molecule has 0 saturated carbocycles. The number of hydrogen-bond acceptors (Lipinski definition) is 5. The van der Waals surface area contributed by atoms with Gasteiger partial charge in [-0.2, -0.15) is 9.50 Å². The fourth-order valence-corrected chi connectivity index (χ4v) is 2.44. The van der Waals surface area contributed by atoms with Gasteiger partial charge in [0.2, 0.25) is 0 Å². The molecule has 0 unspecified atom stereocenters. The van der Waals surface area contributed by atoms with Crippen LogP contribution >= 0.6 is 0 Å². The Labute approximate surface area is 133 Å². The van der Waals surface area contributed by atoms with E-state index >= 15 is 0 Å².